The third-order valence-electron chi connectivity index (χ3n) is 6.44. The molecular formula is C25H25N3O4S. The van der Waals surface area contributed by atoms with Crippen molar-refractivity contribution in [1.82, 2.24) is 9.88 Å². The Morgan fingerprint density at radius 3 is 2.58 bits per heavy atom. The zero-order valence-corrected chi connectivity index (χ0v) is 19.2. The molecule has 1 N–H and O–H groups in total. The van der Waals surface area contributed by atoms with Crippen LogP contribution in [0.15, 0.2) is 42.5 Å². The molecule has 7 nitrogen and oxygen atoms in total. The monoisotopic (exact) mass is 463 g/mol. The molecule has 1 fully saturated rings. The fourth-order valence-corrected chi connectivity index (χ4v) is 5.72. The Bertz CT molecular complexity index is 1200. The van der Waals surface area contributed by atoms with Crippen LogP contribution in [0.1, 0.15) is 53.3 Å². The molecule has 2 aliphatic rings. The summed E-state index contributed by atoms with van der Waals surface area (Å²) in [6.45, 7) is 2.79. The number of fused-ring (bicyclic) bond motifs is 2. The van der Waals surface area contributed by atoms with E-state index in [2.05, 4.69) is 10.3 Å². The van der Waals surface area contributed by atoms with E-state index in [1.165, 1.54) is 16.2 Å². The Morgan fingerprint density at radius 1 is 1.12 bits per heavy atom. The summed E-state index contributed by atoms with van der Waals surface area (Å²) in [4.78, 5) is 44.7. The first-order chi connectivity index (χ1) is 16.0. The Morgan fingerprint density at radius 2 is 1.85 bits per heavy atom. The molecule has 2 unspecified atom stereocenters. The number of rotatable bonds is 6. The molecule has 2 aromatic carbocycles. The highest BCUT2D eigenvalue weighted by molar-refractivity contribution is 7.22. The zero-order valence-electron chi connectivity index (χ0n) is 18.4. The van der Waals surface area contributed by atoms with Crippen molar-refractivity contribution in [3.8, 4) is 5.75 Å². The van der Waals surface area contributed by atoms with Crippen molar-refractivity contribution < 1.29 is 19.1 Å². The predicted molar refractivity (Wildman–Crippen MR) is 127 cm³/mol. The number of anilines is 1. The quantitative estimate of drug-likeness (QED) is 0.534. The standard InChI is InChI=1S/C25H25N3O4S/c1-2-32-16-11-12-20-21(13-16)33-25(26-20)27-22(29)17-8-4-3-7-15(17)14-28-23(30)18-9-5-6-10-19(18)24(28)31/h5-6,9-13,15,17H,2-4,7-8,14H2,1H3,(H,26,27,29). The topological polar surface area (TPSA) is 88.6 Å². The van der Waals surface area contributed by atoms with E-state index in [1.807, 2.05) is 25.1 Å². The first-order valence-corrected chi connectivity index (χ1v) is 12.2. The number of imide groups is 1. The smallest absolute Gasteiger partial charge is 0.261 e. The lowest BCUT2D eigenvalue weighted by Gasteiger charge is -2.32. The number of amides is 3. The van der Waals surface area contributed by atoms with Crippen LogP contribution >= 0.6 is 11.3 Å². The van der Waals surface area contributed by atoms with Gasteiger partial charge in [-0.1, -0.05) is 36.3 Å². The largest absolute Gasteiger partial charge is 0.494 e. The van der Waals surface area contributed by atoms with E-state index in [4.69, 9.17) is 4.74 Å². The summed E-state index contributed by atoms with van der Waals surface area (Å²) in [6, 6.07) is 12.6. The third-order valence-corrected chi connectivity index (χ3v) is 7.38. The normalized spacial score (nSPS) is 20.2. The Kier molecular flexibility index (Phi) is 5.85. The first kappa shape index (κ1) is 21.6. The Balaban J connectivity index is 1.31. The second-order valence-electron chi connectivity index (χ2n) is 8.49. The SMILES string of the molecule is CCOc1ccc2nc(NC(=O)C3CCCCC3CN3C(=O)c4ccccc4C3=O)sc2c1. The number of carbonyl (C=O) groups is 3. The molecule has 0 saturated heterocycles. The maximum Gasteiger partial charge on any atom is 0.261 e. The number of nitrogens with zero attached hydrogens (tertiary/aromatic N) is 2. The van der Waals surface area contributed by atoms with Gasteiger partial charge < -0.3 is 10.1 Å². The predicted octanol–water partition coefficient (Wildman–Crippen LogP) is 4.74. The molecule has 2 heterocycles. The van der Waals surface area contributed by atoms with Gasteiger partial charge in [0.05, 0.1) is 28.0 Å². The summed E-state index contributed by atoms with van der Waals surface area (Å²) in [5.74, 6) is -0.192. The summed E-state index contributed by atoms with van der Waals surface area (Å²) in [7, 11) is 0. The molecule has 1 saturated carbocycles. The molecule has 170 valence electrons. The van der Waals surface area contributed by atoms with Gasteiger partial charge in [-0.2, -0.15) is 0 Å². The number of thiazole rings is 1. The molecule has 2 atom stereocenters. The van der Waals surface area contributed by atoms with Gasteiger partial charge in [-0.25, -0.2) is 4.98 Å². The van der Waals surface area contributed by atoms with E-state index in [1.54, 1.807) is 24.3 Å². The number of hydrogen-bond acceptors (Lipinski definition) is 6. The molecule has 33 heavy (non-hydrogen) atoms. The Hall–Kier alpha value is -3.26. The van der Waals surface area contributed by atoms with Crippen LogP contribution in [-0.4, -0.2) is 40.8 Å². The second-order valence-corrected chi connectivity index (χ2v) is 9.52. The van der Waals surface area contributed by atoms with Crippen molar-refractivity contribution in [2.24, 2.45) is 11.8 Å². The number of hydrogen-bond donors (Lipinski definition) is 1. The average Bonchev–Trinajstić information content (AvgIpc) is 3.33. The summed E-state index contributed by atoms with van der Waals surface area (Å²) in [5.41, 5.74) is 1.70. The molecule has 3 amide bonds. The molecule has 1 aliphatic heterocycles. The van der Waals surface area contributed by atoms with Gasteiger partial charge in [0.15, 0.2) is 5.13 Å². The zero-order chi connectivity index (χ0) is 22.9. The lowest BCUT2D eigenvalue weighted by molar-refractivity contribution is -0.122. The van der Waals surface area contributed by atoms with Crippen LogP contribution in [0.3, 0.4) is 0 Å². The highest BCUT2D eigenvalue weighted by atomic mass is 32.1. The van der Waals surface area contributed by atoms with Crippen molar-refractivity contribution in [3.63, 3.8) is 0 Å². The van der Waals surface area contributed by atoms with E-state index >= 15 is 0 Å². The Labute approximate surface area is 195 Å². The third kappa shape index (κ3) is 4.11. The minimum absolute atomic E-state index is 0.0695. The van der Waals surface area contributed by atoms with Crippen LogP contribution in [0.4, 0.5) is 5.13 Å². The lowest BCUT2D eigenvalue weighted by atomic mass is 9.78. The van der Waals surface area contributed by atoms with Crippen LogP contribution in [0.5, 0.6) is 5.75 Å². The molecule has 5 rings (SSSR count). The van der Waals surface area contributed by atoms with Gasteiger partial charge in [-0.05, 0) is 56.0 Å². The molecule has 3 aromatic rings. The van der Waals surface area contributed by atoms with Crippen molar-refractivity contribution in [2.45, 2.75) is 32.6 Å². The van der Waals surface area contributed by atoms with E-state index in [0.717, 1.165) is 41.6 Å². The van der Waals surface area contributed by atoms with Gasteiger partial charge in [-0.3, -0.25) is 19.3 Å². The van der Waals surface area contributed by atoms with Crippen molar-refractivity contribution in [3.05, 3.63) is 53.6 Å². The number of benzene rings is 2. The van der Waals surface area contributed by atoms with Crippen molar-refractivity contribution in [1.29, 1.82) is 0 Å². The van der Waals surface area contributed by atoms with Gasteiger partial charge in [0, 0.05) is 12.5 Å². The first-order valence-electron chi connectivity index (χ1n) is 11.3. The van der Waals surface area contributed by atoms with Gasteiger partial charge in [0.1, 0.15) is 5.75 Å². The fraction of sp³-hybridized carbons (Fsp3) is 0.360. The van der Waals surface area contributed by atoms with Crippen molar-refractivity contribution >= 4 is 44.4 Å². The van der Waals surface area contributed by atoms with Crippen LogP contribution in [0.25, 0.3) is 10.2 Å². The number of aromatic nitrogens is 1. The highest BCUT2D eigenvalue weighted by Crippen LogP contribution is 2.35. The van der Waals surface area contributed by atoms with Crippen LogP contribution < -0.4 is 10.1 Å². The molecule has 8 heteroatoms. The summed E-state index contributed by atoms with van der Waals surface area (Å²) >= 11 is 1.41. The van der Waals surface area contributed by atoms with E-state index < -0.39 is 0 Å². The fourth-order valence-electron chi connectivity index (χ4n) is 4.82. The van der Waals surface area contributed by atoms with Gasteiger partial charge >= 0.3 is 0 Å². The molecule has 1 aliphatic carbocycles. The highest BCUT2D eigenvalue weighted by Gasteiger charge is 2.40. The van der Waals surface area contributed by atoms with Crippen LogP contribution in [0.2, 0.25) is 0 Å². The van der Waals surface area contributed by atoms with E-state index in [-0.39, 0.29) is 36.1 Å². The summed E-state index contributed by atoms with van der Waals surface area (Å²) in [6.07, 6.45) is 3.48. The van der Waals surface area contributed by atoms with Crippen LogP contribution in [0, 0.1) is 11.8 Å². The van der Waals surface area contributed by atoms with E-state index in [9.17, 15) is 14.4 Å². The number of nitrogens with one attached hydrogen (secondary N) is 1. The molecule has 0 radical (unpaired) electrons. The minimum atomic E-state index is -0.269. The summed E-state index contributed by atoms with van der Waals surface area (Å²) in [5, 5.41) is 3.54. The molecular weight excluding hydrogens is 438 g/mol. The maximum atomic E-state index is 13.2. The molecule has 0 spiro atoms. The van der Waals surface area contributed by atoms with Gasteiger partial charge in [0.2, 0.25) is 5.91 Å². The minimum Gasteiger partial charge on any atom is -0.494 e. The van der Waals surface area contributed by atoms with Crippen molar-refractivity contribution in [2.75, 3.05) is 18.5 Å². The molecule has 0 bridgehead atoms. The summed E-state index contributed by atoms with van der Waals surface area (Å²) < 4.78 is 6.50. The van der Waals surface area contributed by atoms with Gasteiger partial charge in [0.25, 0.3) is 11.8 Å². The maximum absolute atomic E-state index is 13.2. The van der Waals surface area contributed by atoms with Gasteiger partial charge in [-0.15, -0.1) is 0 Å². The number of ether oxygens (including phenoxy) is 1. The second kappa shape index (κ2) is 8.94. The lowest BCUT2D eigenvalue weighted by Crippen LogP contribution is -2.41. The van der Waals surface area contributed by atoms with E-state index in [0.29, 0.717) is 22.9 Å². The molecule has 1 aromatic heterocycles. The average molecular weight is 464 g/mol. The van der Waals surface area contributed by atoms with Crippen LogP contribution in [-0.2, 0) is 4.79 Å². The number of carbonyl (C=O) groups excluding carboxylic acids is 3.